The zero-order chi connectivity index (χ0) is 16.9. The number of anilines is 1. The topological polar surface area (TPSA) is 33.3 Å². The van der Waals surface area contributed by atoms with Gasteiger partial charge in [-0.2, -0.15) is 0 Å². The molecule has 0 aliphatic carbocycles. The zero-order valence-corrected chi connectivity index (χ0v) is 13.2. The zero-order valence-electron chi connectivity index (χ0n) is 11.7. The molecular weight excluding hydrogens is 349 g/mol. The van der Waals surface area contributed by atoms with Gasteiger partial charge >= 0.3 is 6.36 Å². The van der Waals surface area contributed by atoms with Crippen LogP contribution in [-0.4, -0.2) is 11.5 Å². The molecule has 0 heterocycles. The van der Waals surface area contributed by atoms with Crippen LogP contribution in [0.3, 0.4) is 0 Å². The predicted molar refractivity (Wildman–Crippen MR) is 87.6 cm³/mol. The molecule has 0 saturated carbocycles. The minimum Gasteiger partial charge on any atom is -0.405 e. The molecule has 8 heteroatoms. The number of nitrogens with one attached hydrogen (secondary N) is 2. The summed E-state index contributed by atoms with van der Waals surface area (Å²) >= 11 is 11.0. The normalized spacial score (nSPS) is 11.0. The molecule has 2 aromatic rings. The fraction of sp³-hybridized carbons (Fsp3) is 0.133. The van der Waals surface area contributed by atoms with Crippen LogP contribution in [0.5, 0.6) is 5.75 Å². The summed E-state index contributed by atoms with van der Waals surface area (Å²) in [6.45, 7) is 0.0820. The summed E-state index contributed by atoms with van der Waals surface area (Å²) in [5.74, 6) is -0.266. The van der Waals surface area contributed by atoms with Crippen molar-refractivity contribution in [1.82, 2.24) is 5.32 Å². The third-order valence-electron chi connectivity index (χ3n) is 2.72. The number of hydrogen-bond acceptors (Lipinski definition) is 2. The Bertz CT molecular complexity index is 694. The molecular formula is C15H12ClF3N2OS. The Morgan fingerprint density at radius 2 is 1.87 bits per heavy atom. The van der Waals surface area contributed by atoms with Crippen molar-refractivity contribution in [3.05, 3.63) is 59.1 Å². The second-order valence-electron chi connectivity index (χ2n) is 4.47. The monoisotopic (exact) mass is 360 g/mol. The van der Waals surface area contributed by atoms with E-state index in [0.29, 0.717) is 16.3 Å². The molecule has 2 rings (SSSR count). The third kappa shape index (κ3) is 5.96. The molecule has 2 aromatic carbocycles. The summed E-state index contributed by atoms with van der Waals surface area (Å²) in [6, 6.07) is 12.8. The van der Waals surface area contributed by atoms with E-state index in [-0.39, 0.29) is 17.4 Å². The standard InChI is InChI=1S/C15H12ClF3N2OS/c16-11-5-3-6-12(8-11)21-14(23)20-9-10-4-1-2-7-13(10)22-15(17,18)19/h1-8H,9H2,(H2,20,21,23). The van der Waals surface area contributed by atoms with Crippen molar-refractivity contribution in [3.63, 3.8) is 0 Å². The van der Waals surface area contributed by atoms with Crippen LogP contribution < -0.4 is 15.4 Å². The van der Waals surface area contributed by atoms with Gasteiger partial charge in [-0.05, 0) is 36.5 Å². The number of para-hydroxylation sites is 1. The highest BCUT2D eigenvalue weighted by Crippen LogP contribution is 2.26. The molecule has 0 aromatic heterocycles. The van der Waals surface area contributed by atoms with Gasteiger partial charge in [-0.15, -0.1) is 13.2 Å². The maximum atomic E-state index is 12.4. The van der Waals surface area contributed by atoms with Crippen molar-refractivity contribution in [2.75, 3.05) is 5.32 Å². The largest absolute Gasteiger partial charge is 0.573 e. The SMILES string of the molecule is FC(F)(F)Oc1ccccc1CNC(=S)Nc1cccc(Cl)c1. The molecule has 0 unspecified atom stereocenters. The first kappa shape index (κ1) is 17.4. The van der Waals surface area contributed by atoms with Gasteiger partial charge in [-0.25, -0.2) is 0 Å². The number of halogens is 4. The lowest BCUT2D eigenvalue weighted by Gasteiger charge is -2.15. The van der Waals surface area contributed by atoms with Gasteiger partial charge in [-0.3, -0.25) is 0 Å². The molecule has 2 N–H and O–H groups in total. The lowest BCUT2D eigenvalue weighted by molar-refractivity contribution is -0.274. The van der Waals surface area contributed by atoms with E-state index in [1.807, 2.05) is 0 Å². The van der Waals surface area contributed by atoms with E-state index in [4.69, 9.17) is 23.8 Å². The number of alkyl halides is 3. The lowest BCUT2D eigenvalue weighted by atomic mass is 10.2. The smallest absolute Gasteiger partial charge is 0.405 e. The Balaban J connectivity index is 1.97. The Morgan fingerprint density at radius 1 is 1.13 bits per heavy atom. The van der Waals surface area contributed by atoms with Gasteiger partial charge in [0.15, 0.2) is 5.11 Å². The maximum Gasteiger partial charge on any atom is 0.573 e. The van der Waals surface area contributed by atoms with Crippen molar-refractivity contribution in [2.24, 2.45) is 0 Å². The summed E-state index contributed by atoms with van der Waals surface area (Å²) in [6.07, 6.45) is -4.74. The minimum atomic E-state index is -4.74. The second kappa shape index (κ2) is 7.52. The highest BCUT2D eigenvalue weighted by Gasteiger charge is 2.31. The van der Waals surface area contributed by atoms with E-state index in [2.05, 4.69) is 15.4 Å². The summed E-state index contributed by atoms with van der Waals surface area (Å²) in [5.41, 5.74) is 1.01. The number of ether oxygens (including phenoxy) is 1. The molecule has 122 valence electrons. The van der Waals surface area contributed by atoms with Crippen molar-refractivity contribution in [3.8, 4) is 5.75 Å². The van der Waals surface area contributed by atoms with E-state index >= 15 is 0 Å². The lowest BCUT2D eigenvalue weighted by Crippen LogP contribution is -2.28. The molecule has 0 amide bonds. The Hall–Kier alpha value is -1.99. The molecule has 0 aliphatic heterocycles. The fourth-order valence-electron chi connectivity index (χ4n) is 1.79. The highest BCUT2D eigenvalue weighted by atomic mass is 35.5. The summed E-state index contributed by atoms with van der Waals surface area (Å²) in [7, 11) is 0. The molecule has 0 atom stereocenters. The molecule has 0 radical (unpaired) electrons. The molecule has 0 saturated heterocycles. The number of thiocarbonyl (C=S) groups is 1. The van der Waals surface area contributed by atoms with Crippen LogP contribution in [0.25, 0.3) is 0 Å². The third-order valence-corrected chi connectivity index (χ3v) is 3.20. The molecule has 0 aliphatic rings. The first-order valence-electron chi connectivity index (χ1n) is 6.47. The van der Waals surface area contributed by atoms with Crippen LogP contribution in [0.15, 0.2) is 48.5 Å². The van der Waals surface area contributed by atoms with Crippen molar-refractivity contribution < 1.29 is 17.9 Å². The van der Waals surface area contributed by atoms with E-state index in [1.165, 1.54) is 18.2 Å². The average molecular weight is 361 g/mol. The van der Waals surface area contributed by atoms with Crippen molar-refractivity contribution in [2.45, 2.75) is 12.9 Å². The summed E-state index contributed by atoms with van der Waals surface area (Å²) in [4.78, 5) is 0. The van der Waals surface area contributed by atoms with Crippen LogP contribution in [0.2, 0.25) is 5.02 Å². The molecule has 0 spiro atoms. The van der Waals surface area contributed by atoms with Gasteiger partial charge in [0.25, 0.3) is 0 Å². The Kier molecular flexibility index (Phi) is 5.68. The van der Waals surface area contributed by atoms with E-state index in [1.54, 1.807) is 30.3 Å². The van der Waals surface area contributed by atoms with E-state index in [0.717, 1.165) is 0 Å². The van der Waals surface area contributed by atoms with E-state index < -0.39 is 6.36 Å². The molecule has 0 bridgehead atoms. The first-order chi connectivity index (χ1) is 10.8. The van der Waals surface area contributed by atoms with Gasteiger partial charge in [0.05, 0.1) is 0 Å². The summed E-state index contributed by atoms with van der Waals surface area (Å²) in [5, 5.41) is 6.52. The van der Waals surface area contributed by atoms with Gasteiger partial charge in [0, 0.05) is 22.8 Å². The molecule has 23 heavy (non-hydrogen) atoms. The summed E-state index contributed by atoms with van der Waals surface area (Å²) < 4.78 is 41.0. The Labute approximate surface area is 141 Å². The van der Waals surface area contributed by atoms with Crippen LogP contribution >= 0.6 is 23.8 Å². The van der Waals surface area contributed by atoms with Gasteiger partial charge < -0.3 is 15.4 Å². The fourth-order valence-corrected chi connectivity index (χ4v) is 2.17. The van der Waals surface area contributed by atoms with E-state index in [9.17, 15) is 13.2 Å². The van der Waals surface area contributed by atoms with Crippen LogP contribution in [0.1, 0.15) is 5.56 Å². The minimum absolute atomic E-state index is 0.0820. The second-order valence-corrected chi connectivity index (χ2v) is 5.32. The van der Waals surface area contributed by atoms with Crippen LogP contribution in [0.4, 0.5) is 18.9 Å². The molecule has 0 fully saturated rings. The van der Waals surface area contributed by atoms with Crippen LogP contribution in [-0.2, 0) is 6.54 Å². The quantitative estimate of drug-likeness (QED) is 0.773. The maximum absolute atomic E-state index is 12.4. The van der Waals surface area contributed by atoms with Gasteiger partial charge in [0.2, 0.25) is 0 Å². The predicted octanol–water partition coefficient (Wildman–Crippen LogP) is 4.73. The number of rotatable bonds is 4. The first-order valence-corrected chi connectivity index (χ1v) is 7.26. The highest BCUT2D eigenvalue weighted by molar-refractivity contribution is 7.80. The molecule has 3 nitrogen and oxygen atoms in total. The van der Waals surface area contributed by atoms with Gasteiger partial charge in [0.1, 0.15) is 5.75 Å². The number of hydrogen-bond donors (Lipinski definition) is 2. The number of benzene rings is 2. The van der Waals surface area contributed by atoms with Gasteiger partial charge in [-0.1, -0.05) is 35.9 Å². The van der Waals surface area contributed by atoms with Crippen LogP contribution in [0, 0.1) is 0 Å². The average Bonchev–Trinajstić information content (AvgIpc) is 2.45. The van der Waals surface area contributed by atoms with Crippen molar-refractivity contribution in [1.29, 1.82) is 0 Å². The Morgan fingerprint density at radius 3 is 2.57 bits per heavy atom. The van der Waals surface area contributed by atoms with Crippen molar-refractivity contribution >= 4 is 34.6 Å².